The van der Waals surface area contributed by atoms with Gasteiger partial charge in [0.1, 0.15) is 5.82 Å². The Balaban J connectivity index is 1.44. The molecule has 0 unspecified atom stereocenters. The fourth-order valence-corrected chi connectivity index (χ4v) is 4.10. The normalized spacial score (nSPS) is 15.1. The molecule has 0 spiro atoms. The van der Waals surface area contributed by atoms with Crippen LogP contribution in [0.3, 0.4) is 0 Å². The molecule has 30 heavy (non-hydrogen) atoms. The number of hydrogen-bond donors (Lipinski definition) is 1. The smallest absolute Gasteiger partial charge is 0.254 e. The van der Waals surface area contributed by atoms with Crippen LogP contribution in [0.15, 0.2) is 36.7 Å². The number of nitrogens with one attached hydrogen (secondary N) is 1. The highest BCUT2D eigenvalue weighted by Gasteiger charge is 2.27. The van der Waals surface area contributed by atoms with Crippen molar-refractivity contribution in [3.8, 4) is 0 Å². The number of hydrogen-bond acceptors (Lipinski definition) is 5. The highest BCUT2D eigenvalue weighted by atomic mass is 16.5. The van der Waals surface area contributed by atoms with Gasteiger partial charge in [-0.2, -0.15) is 0 Å². The lowest BCUT2D eigenvalue weighted by atomic mass is 9.90. The second-order valence-electron chi connectivity index (χ2n) is 7.68. The first-order valence-corrected chi connectivity index (χ1v) is 10.4. The lowest BCUT2D eigenvalue weighted by Gasteiger charge is -2.32. The number of benzene rings is 1. The quantitative estimate of drug-likeness (QED) is 0.606. The zero-order valence-electron chi connectivity index (χ0n) is 17.6. The molecule has 3 aromatic rings. The zero-order chi connectivity index (χ0) is 20.9. The van der Waals surface area contributed by atoms with Crippen molar-refractivity contribution in [3.05, 3.63) is 59.3 Å². The second-order valence-corrected chi connectivity index (χ2v) is 7.68. The molecule has 1 N–H and O–H groups in total. The van der Waals surface area contributed by atoms with Crippen LogP contribution in [-0.2, 0) is 16.1 Å². The first-order valence-electron chi connectivity index (χ1n) is 10.4. The maximum absolute atomic E-state index is 13.1. The number of piperidine rings is 1. The lowest BCUT2D eigenvalue weighted by Crippen LogP contribution is -2.38. The topological polar surface area (TPSA) is 80.3 Å². The predicted octanol–water partition coefficient (Wildman–Crippen LogP) is 3.45. The number of aromatic amines is 1. The van der Waals surface area contributed by atoms with E-state index in [-0.39, 0.29) is 5.91 Å². The van der Waals surface area contributed by atoms with Crippen molar-refractivity contribution in [2.75, 3.05) is 33.4 Å². The molecule has 0 atom stereocenters. The number of rotatable bonds is 7. The molecule has 0 aliphatic carbocycles. The third-order valence-corrected chi connectivity index (χ3v) is 5.70. The van der Waals surface area contributed by atoms with Gasteiger partial charge in [-0.05, 0) is 38.0 Å². The van der Waals surface area contributed by atoms with Gasteiger partial charge in [0.2, 0.25) is 0 Å². The number of methoxy groups -OCH3 is 1. The molecule has 0 radical (unpaired) electrons. The Morgan fingerprint density at radius 2 is 2.07 bits per heavy atom. The van der Waals surface area contributed by atoms with Crippen LogP contribution in [0.4, 0.5) is 0 Å². The number of aromatic nitrogens is 3. The average Bonchev–Trinajstić information content (AvgIpc) is 3.26. The molecule has 2 aromatic heterocycles. The zero-order valence-corrected chi connectivity index (χ0v) is 17.6. The van der Waals surface area contributed by atoms with Gasteiger partial charge in [0.05, 0.1) is 25.5 Å². The standard InChI is InChI=1S/C23H28N4O3/c1-16-25-14-18(15-30-13-12-29-2)22(26-16)17-7-10-27(11-8-17)23(28)20-4-3-5-21-19(20)6-9-24-21/h3-6,9,14,17,24H,7-8,10-13,15H2,1-2H3. The van der Waals surface area contributed by atoms with Crippen LogP contribution >= 0.6 is 0 Å². The molecular weight excluding hydrogens is 380 g/mol. The van der Waals surface area contributed by atoms with Crippen LogP contribution in [0.1, 0.15) is 46.2 Å². The van der Waals surface area contributed by atoms with E-state index in [1.807, 2.05) is 48.5 Å². The molecule has 3 heterocycles. The molecule has 1 fully saturated rings. The highest BCUT2D eigenvalue weighted by Crippen LogP contribution is 2.30. The Morgan fingerprint density at radius 1 is 1.23 bits per heavy atom. The monoisotopic (exact) mass is 408 g/mol. The van der Waals surface area contributed by atoms with Crippen LogP contribution in [0.2, 0.25) is 0 Å². The van der Waals surface area contributed by atoms with Gasteiger partial charge in [-0.15, -0.1) is 0 Å². The summed E-state index contributed by atoms with van der Waals surface area (Å²) in [5, 5.41) is 0.978. The van der Waals surface area contributed by atoms with Gasteiger partial charge in [-0.25, -0.2) is 9.97 Å². The highest BCUT2D eigenvalue weighted by molar-refractivity contribution is 6.06. The number of aryl methyl sites for hydroxylation is 1. The summed E-state index contributed by atoms with van der Waals surface area (Å²) in [6.07, 6.45) is 5.52. The second kappa shape index (κ2) is 9.36. The number of likely N-dealkylation sites (tertiary alicyclic amines) is 1. The molecule has 4 rings (SSSR count). The van der Waals surface area contributed by atoms with E-state index >= 15 is 0 Å². The van der Waals surface area contributed by atoms with Crippen LogP contribution < -0.4 is 0 Å². The van der Waals surface area contributed by atoms with Crippen molar-refractivity contribution in [1.29, 1.82) is 0 Å². The molecule has 1 aliphatic heterocycles. The minimum Gasteiger partial charge on any atom is -0.382 e. The SMILES string of the molecule is COCCOCc1cnc(C)nc1C1CCN(C(=O)c2cccc3[nH]ccc23)CC1. The van der Waals surface area contributed by atoms with Crippen LogP contribution in [0, 0.1) is 6.92 Å². The number of nitrogens with zero attached hydrogens (tertiary/aromatic N) is 3. The Labute approximate surface area is 176 Å². The van der Waals surface area contributed by atoms with E-state index in [2.05, 4.69) is 9.97 Å². The van der Waals surface area contributed by atoms with Crippen LogP contribution in [-0.4, -0.2) is 59.2 Å². The number of carbonyl (C=O) groups is 1. The summed E-state index contributed by atoms with van der Waals surface area (Å²) in [6, 6.07) is 7.80. The molecule has 1 aromatic carbocycles. The average molecular weight is 409 g/mol. The first-order chi connectivity index (χ1) is 14.7. The van der Waals surface area contributed by atoms with Crippen molar-refractivity contribution < 1.29 is 14.3 Å². The maximum Gasteiger partial charge on any atom is 0.254 e. The van der Waals surface area contributed by atoms with Crippen molar-refractivity contribution in [3.63, 3.8) is 0 Å². The lowest BCUT2D eigenvalue weighted by molar-refractivity contribution is 0.0604. The van der Waals surface area contributed by atoms with Gasteiger partial charge in [-0.3, -0.25) is 4.79 Å². The molecule has 0 bridgehead atoms. The first kappa shape index (κ1) is 20.5. The molecule has 7 heteroatoms. The minimum absolute atomic E-state index is 0.0978. The summed E-state index contributed by atoms with van der Waals surface area (Å²) in [6.45, 7) is 4.94. The van der Waals surface area contributed by atoms with Gasteiger partial charge in [0.25, 0.3) is 5.91 Å². The minimum atomic E-state index is 0.0978. The molecule has 1 saturated heterocycles. The van der Waals surface area contributed by atoms with Gasteiger partial charge >= 0.3 is 0 Å². The van der Waals surface area contributed by atoms with Gasteiger partial charge in [0, 0.05) is 60.5 Å². The summed E-state index contributed by atoms with van der Waals surface area (Å²) in [5.74, 6) is 1.17. The Morgan fingerprint density at radius 3 is 2.87 bits per heavy atom. The summed E-state index contributed by atoms with van der Waals surface area (Å²) in [5.41, 5.74) is 3.83. The summed E-state index contributed by atoms with van der Waals surface area (Å²) >= 11 is 0. The summed E-state index contributed by atoms with van der Waals surface area (Å²) in [4.78, 5) is 27.3. The molecular formula is C23H28N4O3. The van der Waals surface area contributed by atoms with Gasteiger partial charge in [-0.1, -0.05) is 6.07 Å². The molecule has 1 amide bonds. The fourth-order valence-electron chi connectivity index (χ4n) is 4.10. The van der Waals surface area contributed by atoms with E-state index in [4.69, 9.17) is 14.5 Å². The molecule has 1 aliphatic rings. The fraction of sp³-hybridized carbons (Fsp3) is 0.435. The third kappa shape index (κ3) is 4.37. The summed E-state index contributed by atoms with van der Waals surface area (Å²) < 4.78 is 10.8. The predicted molar refractivity (Wildman–Crippen MR) is 114 cm³/mol. The number of carbonyl (C=O) groups excluding carboxylic acids is 1. The maximum atomic E-state index is 13.1. The number of H-pyrrole nitrogens is 1. The third-order valence-electron chi connectivity index (χ3n) is 5.70. The van der Waals surface area contributed by atoms with Gasteiger partial charge < -0.3 is 19.4 Å². The Hall–Kier alpha value is -2.77. The van der Waals surface area contributed by atoms with Crippen molar-refractivity contribution >= 4 is 16.8 Å². The van der Waals surface area contributed by atoms with Crippen LogP contribution in [0.25, 0.3) is 10.9 Å². The van der Waals surface area contributed by atoms with E-state index in [1.54, 1.807) is 7.11 Å². The van der Waals surface area contributed by atoms with E-state index in [0.717, 1.165) is 59.5 Å². The van der Waals surface area contributed by atoms with Crippen molar-refractivity contribution in [1.82, 2.24) is 19.9 Å². The van der Waals surface area contributed by atoms with Gasteiger partial charge in [0.15, 0.2) is 0 Å². The molecule has 158 valence electrons. The molecule has 0 saturated carbocycles. The summed E-state index contributed by atoms with van der Waals surface area (Å²) in [7, 11) is 1.66. The molecule has 7 nitrogen and oxygen atoms in total. The van der Waals surface area contributed by atoms with Crippen molar-refractivity contribution in [2.45, 2.75) is 32.3 Å². The van der Waals surface area contributed by atoms with Crippen molar-refractivity contribution in [2.24, 2.45) is 0 Å². The number of ether oxygens (including phenoxy) is 2. The van der Waals surface area contributed by atoms with E-state index in [1.165, 1.54) is 0 Å². The largest absolute Gasteiger partial charge is 0.382 e. The Kier molecular flexibility index (Phi) is 6.40. The van der Waals surface area contributed by atoms with E-state index < -0.39 is 0 Å². The number of fused-ring (bicyclic) bond motifs is 1. The van der Waals surface area contributed by atoms with E-state index in [9.17, 15) is 4.79 Å². The number of amides is 1. The van der Waals surface area contributed by atoms with E-state index in [0.29, 0.717) is 25.7 Å². The Bertz CT molecular complexity index is 1010. The van der Waals surface area contributed by atoms with Crippen LogP contribution in [0.5, 0.6) is 0 Å².